The largest absolute Gasteiger partial charge is 0.496 e. The molecule has 0 saturated carbocycles. The standard InChI is InChI=1S/C19H22O5/c1-23-17-10-6-5-9-15(17)18(21)19(22)16(20)11-12-24-13-14-7-3-2-4-8-14/h2-10,16,19-20,22H,11-13H2,1H3/t16-,19+/m0/s1. The number of ketones is 1. The molecule has 0 aliphatic carbocycles. The number of carbonyl (C=O) groups excluding carboxylic acids is 1. The molecular formula is C19H22O5. The van der Waals surface area contributed by atoms with Crippen molar-refractivity contribution in [2.75, 3.05) is 13.7 Å². The first kappa shape index (κ1) is 18.1. The number of benzene rings is 2. The second kappa shape index (κ2) is 9.17. The first-order valence-corrected chi connectivity index (χ1v) is 7.78. The van der Waals surface area contributed by atoms with Crippen LogP contribution in [0.25, 0.3) is 0 Å². The zero-order valence-corrected chi connectivity index (χ0v) is 13.6. The zero-order chi connectivity index (χ0) is 17.4. The minimum atomic E-state index is -1.51. The van der Waals surface area contributed by atoms with Crippen LogP contribution in [0.2, 0.25) is 0 Å². The molecule has 0 aromatic heterocycles. The van der Waals surface area contributed by atoms with Gasteiger partial charge in [-0.2, -0.15) is 0 Å². The van der Waals surface area contributed by atoms with Crippen LogP contribution >= 0.6 is 0 Å². The second-order valence-electron chi connectivity index (χ2n) is 5.40. The SMILES string of the molecule is COc1ccccc1C(=O)[C@H](O)[C@@H](O)CCOCc1ccccc1. The van der Waals surface area contributed by atoms with Gasteiger partial charge in [-0.05, 0) is 24.1 Å². The van der Waals surface area contributed by atoms with Gasteiger partial charge in [0.05, 0.1) is 25.4 Å². The molecule has 0 fully saturated rings. The molecule has 0 amide bonds. The quantitative estimate of drug-likeness (QED) is 0.544. The van der Waals surface area contributed by atoms with Crippen LogP contribution in [0.15, 0.2) is 54.6 Å². The Labute approximate surface area is 141 Å². The Hall–Kier alpha value is -2.21. The van der Waals surface area contributed by atoms with E-state index in [2.05, 4.69) is 0 Å². The summed E-state index contributed by atoms with van der Waals surface area (Å²) in [6.07, 6.45) is -2.55. The summed E-state index contributed by atoms with van der Waals surface area (Å²) in [5.74, 6) is -0.197. The maximum absolute atomic E-state index is 12.3. The molecular weight excluding hydrogens is 308 g/mol. The molecule has 5 nitrogen and oxygen atoms in total. The number of aliphatic hydroxyl groups is 2. The summed E-state index contributed by atoms with van der Waals surface area (Å²) < 4.78 is 10.6. The van der Waals surface area contributed by atoms with Crippen LogP contribution in [-0.4, -0.2) is 41.9 Å². The van der Waals surface area contributed by atoms with E-state index >= 15 is 0 Å². The van der Waals surface area contributed by atoms with Crippen LogP contribution in [0.4, 0.5) is 0 Å². The highest BCUT2D eigenvalue weighted by atomic mass is 16.5. The van der Waals surface area contributed by atoms with Gasteiger partial charge < -0.3 is 19.7 Å². The molecule has 2 aromatic carbocycles. The van der Waals surface area contributed by atoms with Gasteiger partial charge in [-0.1, -0.05) is 42.5 Å². The Bertz CT molecular complexity index is 641. The highest BCUT2D eigenvalue weighted by Crippen LogP contribution is 2.20. The number of aliphatic hydroxyl groups excluding tert-OH is 2. The summed E-state index contributed by atoms with van der Waals surface area (Å²) in [7, 11) is 1.45. The van der Waals surface area contributed by atoms with Gasteiger partial charge in [0.15, 0.2) is 5.78 Å². The number of carbonyl (C=O) groups is 1. The van der Waals surface area contributed by atoms with Crippen LogP contribution in [0.3, 0.4) is 0 Å². The smallest absolute Gasteiger partial charge is 0.197 e. The molecule has 0 unspecified atom stereocenters. The fourth-order valence-corrected chi connectivity index (χ4v) is 2.31. The fraction of sp³-hybridized carbons (Fsp3) is 0.316. The summed E-state index contributed by atoms with van der Waals surface area (Å²) in [4.78, 5) is 12.3. The minimum Gasteiger partial charge on any atom is -0.496 e. The van der Waals surface area contributed by atoms with Gasteiger partial charge in [0.1, 0.15) is 11.9 Å². The normalized spacial score (nSPS) is 13.3. The molecule has 0 aliphatic rings. The topological polar surface area (TPSA) is 76.0 Å². The van der Waals surface area contributed by atoms with Crippen molar-refractivity contribution in [3.05, 3.63) is 65.7 Å². The molecule has 0 heterocycles. The van der Waals surface area contributed by atoms with Gasteiger partial charge in [0, 0.05) is 6.61 Å². The van der Waals surface area contributed by atoms with Gasteiger partial charge in [-0.25, -0.2) is 0 Å². The van der Waals surface area contributed by atoms with Crippen molar-refractivity contribution < 1.29 is 24.5 Å². The fourth-order valence-electron chi connectivity index (χ4n) is 2.31. The van der Waals surface area contributed by atoms with E-state index in [1.165, 1.54) is 7.11 Å². The van der Waals surface area contributed by atoms with Crippen LogP contribution in [0, 0.1) is 0 Å². The van der Waals surface area contributed by atoms with E-state index in [0.29, 0.717) is 12.4 Å². The molecule has 5 heteroatoms. The lowest BCUT2D eigenvalue weighted by Gasteiger charge is -2.18. The molecule has 2 N–H and O–H groups in total. The number of hydrogen-bond acceptors (Lipinski definition) is 5. The maximum atomic E-state index is 12.3. The van der Waals surface area contributed by atoms with E-state index in [1.54, 1.807) is 24.3 Å². The van der Waals surface area contributed by atoms with Gasteiger partial charge in [-0.3, -0.25) is 4.79 Å². The molecule has 2 rings (SSSR count). The summed E-state index contributed by atoms with van der Waals surface area (Å²) >= 11 is 0. The van der Waals surface area contributed by atoms with Crippen molar-refractivity contribution in [1.29, 1.82) is 0 Å². The molecule has 0 radical (unpaired) electrons. The number of para-hydroxylation sites is 1. The predicted octanol–water partition coefficient (Wildman–Crippen LogP) is 2.21. The first-order chi connectivity index (χ1) is 11.6. The highest BCUT2D eigenvalue weighted by Gasteiger charge is 2.27. The van der Waals surface area contributed by atoms with E-state index in [1.807, 2.05) is 30.3 Å². The third kappa shape index (κ3) is 4.89. The first-order valence-electron chi connectivity index (χ1n) is 7.78. The summed E-state index contributed by atoms with van der Waals surface area (Å²) in [6, 6.07) is 16.2. The van der Waals surface area contributed by atoms with E-state index in [4.69, 9.17) is 9.47 Å². The number of Topliss-reactive ketones (excluding diaryl/α,β-unsaturated/α-hetero) is 1. The van der Waals surface area contributed by atoms with Gasteiger partial charge in [0.25, 0.3) is 0 Å². The van der Waals surface area contributed by atoms with Crippen molar-refractivity contribution >= 4 is 5.78 Å². The van der Waals surface area contributed by atoms with Crippen LogP contribution < -0.4 is 4.74 Å². The summed E-state index contributed by atoms with van der Waals surface area (Å²) in [5.41, 5.74) is 1.27. The Morgan fingerprint density at radius 3 is 2.42 bits per heavy atom. The van der Waals surface area contributed by atoms with Crippen molar-refractivity contribution in [3.63, 3.8) is 0 Å². The lowest BCUT2D eigenvalue weighted by molar-refractivity contribution is 0.000559. The second-order valence-corrected chi connectivity index (χ2v) is 5.40. The predicted molar refractivity (Wildman–Crippen MR) is 90.1 cm³/mol. The number of ether oxygens (including phenoxy) is 2. The highest BCUT2D eigenvalue weighted by molar-refractivity contribution is 6.02. The summed E-state index contributed by atoms with van der Waals surface area (Å²) in [5, 5.41) is 20.1. The average molecular weight is 330 g/mol. The molecule has 0 aliphatic heterocycles. The zero-order valence-electron chi connectivity index (χ0n) is 13.6. The van der Waals surface area contributed by atoms with E-state index < -0.39 is 18.0 Å². The van der Waals surface area contributed by atoms with Crippen molar-refractivity contribution in [2.24, 2.45) is 0 Å². The summed E-state index contributed by atoms with van der Waals surface area (Å²) in [6.45, 7) is 0.663. The third-order valence-corrected chi connectivity index (χ3v) is 3.68. The van der Waals surface area contributed by atoms with E-state index in [9.17, 15) is 15.0 Å². The van der Waals surface area contributed by atoms with Gasteiger partial charge in [0.2, 0.25) is 0 Å². The molecule has 0 saturated heterocycles. The molecule has 2 aromatic rings. The molecule has 128 valence electrons. The lowest BCUT2D eigenvalue weighted by atomic mass is 10.00. The molecule has 24 heavy (non-hydrogen) atoms. The Kier molecular flexibility index (Phi) is 6.93. The minimum absolute atomic E-state index is 0.162. The van der Waals surface area contributed by atoms with Crippen LogP contribution in [0.5, 0.6) is 5.75 Å². The number of methoxy groups -OCH3 is 1. The van der Waals surface area contributed by atoms with Gasteiger partial charge in [-0.15, -0.1) is 0 Å². The van der Waals surface area contributed by atoms with Crippen LogP contribution in [-0.2, 0) is 11.3 Å². The molecule has 0 bridgehead atoms. The third-order valence-electron chi connectivity index (χ3n) is 3.68. The molecule has 0 spiro atoms. The average Bonchev–Trinajstić information content (AvgIpc) is 2.64. The number of hydrogen-bond donors (Lipinski definition) is 2. The Morgan fingerprint density at radius 1 is 1.04 bits per heavy atom. The van der Waals surface area contributed by atoms with E-state index in [0.717, 1.165) is 5.56 Å². The maximum Gasteiger partial charge on any atom is 0.197 e. The molecule has 2 atom stereocenters. The lowest BCUT2D eigenvalue weighted by Crippen LogP contribution is -2.35. The van der Waals surface area contributed by atoms with E-state index in [-0.39, 0.29) is 18.6 Å². The Balaban J connectivity index is 1.83. The van der Waals surface area contributed by atoms with Crippen molar-refractivity contribution in [3.8, 4) is 5.75 Å². The van der Waals surface area contributed by atoms with Crippen molar-refractivity contribution in [2.45, 2.75) is 25.2 Å². The van der Waals surface area contributed by atoms with Crippen LogP contribution in [0.1, 0.15) is 22.3 Å². The van der Waals surface area contributed by atoms with Crippen molar-refractivity contribution in [1.82, 2.24) is 0 Å². The Morgan fingerprint density at radius 2 is 1.71 bits per heavy atom. The number of rotatable bonds is 9. The monoisotopic (exact) mass is 330 g/mol. The van der Waals surface area contributed by atoms with Gasteiger partial charge >= 0.3 is 0 Å².